The number of amides is 1. The molecule has 3 rings (SSSR count). The number of allylic oxidation sites excluding steroid dienone is 1. The summed E-state index contributed by atoms with van der Waals surface area (Å²) in [6.07, 6.45) is 1.68. The summed E-state index contributed by atoms with van der Waals surface area (Å²) in [5.74, 6) is 0.326. The molecule has 0 aromatic heterocycles. The van der Waals surface area contributed by atoms with Crippen LogP contribution in [0.4, 0.5) is 5.69 Å². The summed E-state index contributed by atoms with van der Waals surface area (Å²) in [6, 6.07) is 11.3. The number of rotatable bonds is 6. The quantitative estimate of drug-likeness (QED) is 0.504. The third-order valence-corrected chi connectivity index (χ3v) is 5.05. The first-order valence-corrected chi connectivity index (χ1v) is 10.1. The van der Waals surface area contributed by atoms with Gasteiger partial charge in [-0.05, 0) is 74.7 Å². The van der Waals surface area contributed by atoms with E-state index in [2.05, 4.69) is 0 Å². The zero-order valence-electron chi connectivity index (χ0n) is 18.7. The maximum atomic E-state index is 13.5. The first-order chi connectivity index (χ1) is 14.8. The zero-order valence-corrected chi connectivity index (χ0v) is 18.7. The topological polar surface area (TPSA) is 65.1 Å². The van der Waals surface area contributed by atoms with Crippen molar-refractivity contribution in [2.45, 2.75) is 27.7 Å². The van der Waals surface area contributed by atoms with E-state index < -0.39 is 5.97 Å². The predicted octanol–water partition coefficient (Wildman–Crippen LogP) is 4.59. The van der Waals surface area contributed by atoms with Crippen molar-refractivity contribution in [1.29, 1.82) is 0 Å². The molecule has 1 heterocycles. The molecule has 6 heteroatoms. The number of carbonyl (C=O) groups excluding carboxylic acids is 2. The fraction of sp³-hybridized carbons (Fsp3) is 0.280. The third kappa shape index (κ3) is 4.33. The van der Waals surface area contributed by atoms with Gasteiger partial charge in [-0.15, -0.1) is 0 Å². The SMILES string of the molecule is CCOc1ccc(/C=C2\C(=O)N(c3cc(C)cc(C)c3)C(C)=C2C(=O)OC)cc1OC. The standard InChI is InChI=1S/C25H27NO5/c1-7-31-21-9-8-18(14-22(21)29-5)13-20-23(25(28)30-6)17(4)26(24(20)27)19-11-15(2)10-16(3)12-19/h8-14H,7H2,1-6H3/b20-13-. The normalized spacial score (nSPS) is 15.0. The van der Waals surface area contributed by atoms with E-state index in [1.54, 1.807) is 37.1 Å². The van der Waals surface area contributed by atoms with Gasteiger partial charge in [0.1, 0.15) is 0 Å². The van der Waals surface area contributed by atoms with E-state index in [1.165, 1.54) is 7.11 Å². The predicted molar refractivity (Wildman–Crippen MR) is 120 cm³/mol. The number of methoxy groups -OCH3 is 2. The van der Waals surface area contributed by atoms with Crippen LogP contribution < -0.4 is 14.4 Å². The van der Waals surface area contributed by atoms with Crippen molar-refractivity contribution in [3.63, 3.8) is 0 Å². The average molecular weight is 421 g/mol. The molecule has 0 saturated heterocycles. The molecule has 0 fully saturated rings. The zero-order chi connectivity index (χ0) is 22.7. The van der Waals surface area contributed by atoms with Crippen LogP contribution in [0.15, 0.2) is 53.2 Å². The number of anilines is 1. The van der Waals surface area contributed by atoms with Gasteiger partial charge in [0.25, 0.3) is 5.91 Å². The monoisotopic (exact) mass is 421 g/mol. The van der Waals surface area contributed by atoms with Crippen molar-refractivity contribution >= 4 is 23.6 Å². The van der Waals surface area contributed by atoms with E-state index in [0.717, 1.165) is 11.1 Å². The summed E-state index contributed by atoms with van der Waals surface area (Å²) in [7, 11) is 2.87. The van der Waals surface area contributed by atoms with Gasteiger partial charge in [0.15, 0.2) is 11.5 Å². The van der Waals surface area contributed by atoms with Crippen molar-refractivity contribution in [3.05, 3.63) is 69.9 Å². The van der Waals surface area contributed by atoms with Crippen molar-refractivity contribution in [1.82, 2.24) is 0 Å². The lowest BCUT2D eigenvalue weighted by Gasteiger charge is -2.19. The van der Waals surface area contributed by atoms with E-state index in [0.29, 0.717) is 35.1 Å². The van der Waals surface area contributed by atoms with Gasteiger partial charge in [-0.1, -0.05) is 12.1 Å². The van der Waals surface area contributed by atoms with E-state index in [-0.39, 0.29) is 17.1 Å². The minimum atomic E-state index is -0.554. The molecule has 2 aromatic carbocycles. The molecule has 0 radical (unpaired) electrons. The van der Waals surface area contributed by atoms with E-state index in [1.807, 2.05) is 45.0 Å². The summed E-state index contributed by atoms with van der Waals surface area (Å²) in [4.78, 5) is 27.6. The Balaban J connectivity index is 2.13. The molecule has 0 bridgehead atoms. The lowest BCUT2D eigenvalue weighted by molar-refractivity contribution is -0.136. The number of aryl methyl sites for hydroxylation is 2. The Bertz CT molecular complexity index is 1080. The number of carbonyl (C=O) groups is 2. The minimum absolute atomic E-state index is 0.250. The Labute approximate surface area is 182 Å². The van der Waals surface area contributed by atoms with Crippen LogP contribution >= 0.6 is 0 Å². The molecule has 0 N–H and O–H groups in total. The van der Waals surface area contributed by atoms with E-state index >= 15 is 0 Å². The van der Waals surface area contributed by atoms with Crippen LogP contribution in [0.1, 0.15) is 30.5 Å². The molecule has 0 spiro atoms. The summed E-state index contributed by atoms with van der Waals surface area (Å²) >= 11 is 0. The van der Waals surface area contributed by atoms with Crippen LogP contribution in [0.3, 0.4) is 0 Å². The maximum Gasteiger partial charge on any atom is 0.340 e. The van der Waals surface area contributed by atoms with Gasteiger partial charge < -0.3 is 14.2 Å². The highest BCUT2D eigenvalue weighted by molar-refractivity contribution is 6.23. The molecular formula is C25H27NO5. The van der Waals surface area contributed by atoms with Crippen molar-refractivity contribution in [3.8, 4) is 11.5 Å². The summed E-state index contributed by atoms with van der Waals surface area (Å²) in [6.45, 7) is 8.10. The molecule has 31 heavy (non-hydrogen) atoms. The molecule has 1 aliphatic heterocycles. The Hall–Kier alpha value is -3.54. The highest BCUT2D eigenvalue weighted by atomic mass is 16.5. The molecule has 0 unspecified atom stereocenters. The Morgan fingerprint density at radius 2 is 1.68 bits per heavy atom. The second-order valence-corrected chi connectivity index (χ2v) is 7.34. The molecule has 6 nitrogen and oxygen atoms in total. The van der Waals surface area contributed by atoms with Crippen LogP contribution in [-0.2, 0) is 14.3 Å². The summed E-state index contributed by atoms with van der Waals surface area (Å²) < 4.78 is 16.0. The average Bonchev–Trinajstić information content (AvgIpc) is 2.97. The largest absolute Gasteiger partial charge is 0.493 e. The second kappa shape index (κ2) is 9.08. The van der Waals surface area contributed by atoms with Crippen LogP contribution in [0.5, 0.6) is 11.5 Å². The van der Waals surface area contributed by atoms with Gasteiger partial charge in [-0.3, -0.25) is 9.69 Å². The molecular weight excluding hydrogens is 394 g/mol. The Kier molecular flexibility index (Phi) is 6.49. The molecule has 1 aliphatic rings. The highest BCUT2D eigenvalue weighted by Gasteiger charge is 2.38. The lowest BCUT2D eigenvalue weighted by atomic mass is 10.0. The number of esters is 1. The van der Waals surface area contributed by atoms with Gasteiger partial charge >= 0.3 is 5.97 Å². The molecule has 2 aromatic rings. The minimum Gasteiger partial charge on any atom is -0.493 e. The van der Waals surface area contributed by atoms with Gasteiger partial charge in [-0.25, -0.2) is 4.79 Å². The van der Waals surface area contributed by atoms with Crippen molar-refractivity contribution < 1.29 is 23.8 Å². The first-order valence-electron chi connectivity index (χ1n) is 10.1. The number of benzene rings is 2. The van der Waals surface area contributed by atoms with Gasteiger partial charge in [-0.2, -0.15) is 0 Å². The summed E-state index contributed by atoms with van der Waals surface area (Å²) in [5.41, 5.74) is 4.54. The number of hydrogen-bond donors (Lipinski definition) is 0. The maximum absolute atomic E-state index is 13.5. The molecule has 1 amide bonds. The van der Waals surface area contributed by atoms with Crippen LogP contribution in [0.25, 0.3) is 6.08 Å². The molecule has 0 saturated carbocycles. The Morgan fingerprint density at radius 1 is 1.00 bits per heavy atom. The molecule has 0 atom stereocenters. The smallest absolute Gasteiger partial charge is 0.340 e. The Morgan fingerprint density at radius 3 is 2.26 bits per heavy atom. The second-order valence-electron chi connectivity index (χ2n) is 7.34. The number of hydrogen-bond acceptors (Lipinski definition) is 5. The van der Waals surface area contributed by atoms with E-state index in [4.69, 9.17) is 14.2 Å². The van der Waals surface area contributed by atoms with E-state index in [9.17, 15) is 9.59 Å². The van der Waals surface area contributed by atoms with Gasteiger partial charge in [0, 0.05) is 11.4 Å². The van der Waals surface area contributed by atoms with Gasteiger partial charge in [0.2, 0.25) is 0 Å². The third-order valence-electron chi connectivity index (χ3n) is 5.05. The highest BCUT2D eigenvalue weighted by Crippen LogP contribution is 2.37. The van der Waals surface area contributed by atoms with Crippen molar-refractivity contribution in [2.24, 2.45) is 0 Å². The fourth-order valence-corrected chi connectivity index (χ4v) is 3.79. The molecule has 0 aliphatic carbocycles. The van der Waals surface area contributed by atoms with Crippen LogP contribution in [-0.4, -0.2) is 32.7 Å². The van der Waals surface area contributed by atoms with Crippen molar-refractivity contribution in [2.75, 3.05) is 25.7 Å². The van der Waals surface area contributed by atoms with Gasteiger partial charge in [0.05, 0.1) is 32.0 Å². The fourth-order valence-electron chi connectivity index (χ4n) is 3.79. The summed E-state index contributed by atoms with van der Waals surface area (Å²) in [5, 5.41) is 0. The molecule has 162 valence electrons. The number of nitrogens with zero attached hydrogens (tertiary/aromatic N) is 1. The van der Waals surface area contributed by atoms with Crippen LogP contribution in [0.2, 0.25) is 0 Å². The first kappa shape index (κ1) is 22.2. The van der Waals surface area contributed by atoms with Crippen LogP contribution in [0, 0.1) is 13.8 Å². The number of ether oxygens (including phenoxy) is 3. The lowest BCUT2D eigenvalue weighted by Crippen LogP contribution is -2.24.